The number of rotatable bonds is 5. The van der Waals surface area contributed by atoms with Crippen LogP contribution in [-0.4, -0.2) is 30.9 Å². The molecule has 74 valence electrons. The lowest BCUT2D eigenvalue weighted by Gasteiger charge is -1.98. The zero-order valence-corrected chi connectivity index (χ0v) is 7.62. The van der Waals surface area contributed by atoms with Crippen molar-refractivity contribution in [2.24, 2.45) is 5.14 Å². The molecule has 0 aliphatic carbocycles. The standard InChI is InChI=1S/C5H10N4O3S/c6-13(10,11)2-1-7-3-5-8-4-12-9-5/h4,7H,1-3H2,(H2,6,10,11). The lowest BCUT2D eigenvalue weighted by atomic mass is 10.6. The Bertz CT molecular complexity index is 333. The third-order valence-corrected chi connectivity index (χ3v) is 2.03. The quantitative estimate of drug-likeness (QED) is 0.564. The van der Waals surface area contributed by atoms with Crippen molar-refractivity contribution in [2.75, 3.05) is 12.3 Å². The average Bonchev–Trinajstić information content (AvgIpc) is 2.48. The molecule has 0 amide bonds. The van der Waals surface area contributed by atoms with Gasteiger partial charge in [-0.3, -0.25) is 0 Å². The highest BCUT2D eigenvalue weighted by molar-refractivity contribution is 7.89. The van der Waals surface area contributed by atoms with Gasteiger partial charge in [0, 0.05) is 6.54 Å². The van der Waals surface area contributed by atoms with Crippen molar-refractivity contribution in [2.45, 2.75) is 6.54 Å². The van der Waals surface area contributed by atoms with Gasteiger partial charge in [-0.25, -0.2) is 13.6 Å². The Labute approximate surface area is 75.4 Å². The second-order valence-corrected chi connectivity index (χ2v) is 4.13. The number of sulfonamides is 1. The molecule has 0 saturated heterocycles. The van der Waals surface area contributed by atoms with Gasteiger partial charge in [0.25, 0.3) is 0 Å². The Balaban J connectivity index is 2.16. The summed E-state index contributed by atoms with van der Waals surface area (Å²) in [6.07, 6.45) is 1.21. The van der Waals surface area contributed by atoms with Gasteiger partial charge in [-0.2, -0.15) is 4.98 Å². The Hall–Kier alpha value is -0.990. The van der Waals surface area contributed by atoms with Crippen LogP contribution in [-0.2, 0) is 16.6 Å². The smallest absolute Gasteiger partial charge is 0.213 e. The van der Waals surface area contributed by atoms with Crippen molar-refractivity contribution in [1.82, 2.24) is 15.5 Å². The van der Waals surface area contributed by atoms with Crippen LogP contribution in [0.3, 0.4) is 0 Å². The second-order valence-electron chi connectivity index (χ2n) is 2.39. The molecule has 0 unspecified atom stereocenters. The molecular formula is C5H10N4O3S. The summed E-state index contributed by atoms with van der Waals surface area (Å²) in [6, 6.07) is 0. The largest absolute Gasteiger partial charge is 0.343 e. The molecular weight excluding hydrogens is 196 g/mol. The van der Waals surface area contributed by atoms with Crippen LogP contribution in [0.5, 0.6) is 0 Å². The molecule has 0 spiro atoms. The van der Waals surface area contributed by atoms with E-state index in [1.807, 2.05) is 0 Å². The number of nitrogens with two attached hydrogens (primary N) is 1. The van der Waals surface area contributed by atoms with Gasteiger partial charge >= 0.3 is 0 Å². The Morgan fingerprint density at radius 3 is 2.92 bits per heavy atom. The third kappa shape index (κ3) is 4.55. The fourth-order valence-corrected chi connectivity index (χ4v) is 1.11. The Morgan fingerprint density at radius 1 is 1.62 bits per heavy atom. The van der Waals surface area contributed by atoms with Crippen LogP contribution in [0.15, 0.2) is 10.9 Å². The zero-order chi connectivity index (χ0) is 9.73. The van der Waals surface area contributed by atoms with Gasteiger partial charge in [-0.1, -0.05) is 5.16 Å². The molecule has 0 aliphatic heterocycles. The summed E-state index contributed by atoms with van der Waals surface area (Å²) < 4.78 is 25.4. The van der Waals surface area contributed by atoms with Crippen LogP contribution in [0.1, 0.15) is 5.82 Å². The maximum atomic E-state index is 10.5. The van der Waals surface area contributed by atoms with E-state index in [1.54, 1.807) is 0 Å². The van der Waals surface area contributed by atoms with E-state index in [2.05, 4.69) is 20.0 Å². The molecule has 0 bridgehead atoms. The molecule has 13 heavy (non-hydrogen) atoms. The lowest BCUT2D eigenvalue weighted by Crippen LogP contribution is -2.27. The van der Waals surface area contributed by atoms with Crippen molar-refractivity contribution in [1.29, 1.82) is 0 Å². The minimum absolute atomic E-state index is 0.106. The Morgan fingerprint density at radius 2 is 2.38 bits per heavy atom. The van der Waals surface area contributed by atoms with E-state index >= 15 is 0 Å². The van der Waals surface area contributed by atoms with E-state index in [1.165, 1.54) is 6.39 Å². The van der Waals surface area contributed by atoms with Crippen molar-refractivity contribution >= 4 is 10.0 Å². The molecule has 1 aromatic rings. The van der Waals surface area contributed by atoms with Gasteiger partial charge < -0.3 is 9.84 Å². The van der Waals surface area contributed by atoms with Crippen molar-refractivity contribution in [3.05, 3.63) is 12.2 Å². The summed E-state index contributed by atoms with van der Waals surface area (Å²) in [4.78, 5) is 3.73. The average molecular weight is 206 g/mol. The molecule has 0 fully saturated rings. The molecule has 0 aliphatic rings. The van der Waals surface area contributed by atoms with Gasteiger partial charge in [0.15, 0.2) is 5.82 Å². The first-order valence-corrected chi connectivity index (χ1v) is 5.26. The highest BCUT2D eigenvalue weighted by atomic mass is 32.2. The van der Waals surface area contributed by atoms with E-state index in [4.69, 9.17) is 5.14 Å². The second kappa shape index (κ2) is 4.30. The minimum atomic E-state index is -3.39. The maximum Gasteiger partial charge on any atom is 0.213 e. The zero-order valence-electron chi connectivity index (χ0n) is 6.80. The molecule has 8 heteroatoms. The SMILES string of the molecule is NS(=O)(=O)CCNCc1ncon1. The van der Waals surface area contributed by atoms with E-state index in [-0.39, 0.29) is 12.3 Å². The summed E-state index contributed by atoms with van der Waals surface area (Å²) in [6.45, 7) is 0.638. The van der Waals surface area contributed by atoms with Crippen LogP contribution < -0.4 is 10.5 Å². The maximum absolute atomic E-state index is 10.5. The molecule has 7 nitrogen and oxygen atoms in total. The monoisotopic (exact) mass is 206 g/mol. The summed E-state index contributed by atoms with van der Waals surface area (Å²) in [5.74, 6) is 0.375. The van der Waals surface area contributed by atoms with Crippen LogP contribution in [0, 0.1) is 0 Å². The molecule has 0 aromatic carbocycles. The predicted octanol–water partition coefficient (Wildman–Crippen LogP) is -1.55. The van der Waals surface area contributed by atoms with Gasteiger partial charge in [0.1, 0.15) is 0 Å². The molecule has 0 radical (unpaired) electrons. The normalized spacial score (nSPS) is 11.8. The lowest BCUT2D eigenvalue weighted by molar-refractivity contribution is 0.407. The van der Waals surface area contributed by atoms with Crippen LogP contribution in [0.4, 0.5) is 0 Å². The van der Waals surface area contributed by atoms with Gasteiger partial charge in [-0.05, 0) is 0 Å². The highest BCUT2D eigenvalue weighted by Gasteiger charge is 2.02. The summed E-state index contributed by atoms with van der Waals surface area (Å²) in [5, 5.41) is 11.1. The topological polar surface area (TPSA) is 111 Å². The predicted molar refractivity (Wildman–Crippen MR) is 44.0 cm³/mol. The number of nitrogens with zero attached hydrogens (tertiary/aromatic N) is 2. The van der Waals surface area contributed by atoms with E-state index in [0.29, 0.717) is 12.4 Å². The van der Waals surface area contributed by atoms with E-state index in [0.717, 1.165) is 0 Å². The van der Waals surface area contributed by atoms with E-state index < -0.39 is 10.0 Å². The van der Waals surface area contributed by atoms with Gasteiger partial charge in [0.2, 0.25) is 16.4 Å². The Kier molecular flexibility index (Phi) is 3.34. The van der Waals surface area contributed by atoms with Crippen molar-refractivity contribution in [3.8, 4) is 0 Å². The van der Waals surface area contributed by atoms with E-state index in [9.17, 15) is 8.42 Å². The summed E-state index contributed by atoms with van der Waals surface area (Å²) in [7, 11) is -3.39. The van der Waals surface area contributed by atoms with Crippen LogP contribution >= 0.6 is 0 Å². The third-order valence-electron chi connectivity index (χ3n) is 1.25. The van der Waals surface area contributed by atoms with Crippen LogP contribution in [0.25, 0.3) is 0 Å². The fraction of sp³-hybridized carbons (Fsp3) is 0.600. The van der Waals surface area contributed by atoms with Crippen LogP contribution in [0.2, 0.25) is 0 Å². The number of hydrogen-bond donors (Lipinski definition) is 2. The molecule has 1 aromatic heterocycles. The van der Waals surface area contributed by atoms with Crippen molar-refractivity contribution < 1.29 is 12.9 Å². The first kappa shape index (κ1) is 10.1. The molecule has 0 atom stereocenters. The van der Waals surface area contributed by atoms with Crippen molar-refractivity contribution in [3.63, 3.8) is 0 Å². The number of nitrogens with one attached hydrogen (secondary N) is 1. The molecule has 1 rings (SSSR count). The van der Waals surface area contributed by atoms with Gasteiger partial charge in [-0.15, -0.1) is 0 Å². The fourth-order valence-electron chi connectivity index (χ4n) is 0.685. The number of hydrogen-bond acceptors (Lipinski definition) is 6. The molecule has 1 heterocycles. The highest BCUT2D eigenvalue weighted by Crippen LogP contribution is 1.86. The number of aromatic nitrogens is 2. The minimum Gasteiger partial charge on any atom is -0.343 e. The first-order chi connectivity index (χ1) is 6.08. The summed E-state index contributed by atoms with van der Waals surface area (Å²) in [5.41, 5.74) is 0. The first-order valence-electron chi connectivity index (χ1n) is 3.54. The number of primary sulfonamides is 1. The molecule has 3 N–H and O–H groups in total. The van der Waals surface area contributed by atoms with Gasteiger partial charge in [0.05, 0.1) is 12.3 Å². The molecule has 0 saturated carbocycles. The summed E-state index contributed by atoms with van der Waals surface area (Å²) >= 11 is 0.